The number of rotatable bonds is 1. The highest BCUT2D eigenvalue weighted by atomic mass is 16.5. The predicted octanol–water partition coefficient (Wildman–Crippen LogP) is 0.0194. The largest absolute Gasteiger partial charge is 0.378 e. The summed E-state index contributed by atoms with van der Waals surface area (Å²) in [5.74, 6) is 0.554. The fourth-order valence-corrected chi connectivity index (χ4v) is 2.49. The minimum Gasteiger partial charge on any atom is -0.378 e. The highest BCUT2D eigenvalue weighted by molar-refractivity contribution is 6.09. The van der Waals surface area contributed by atoms with Crippen LogP contribution in [0.15, 0.2) is 4.99 Å². The van der Waals surface area contributed by atoms with Crippen molar-refractivity contribution in [2.24, 2.45) is 4.99 Å². The first-order chi connectivity index (χ1) is 7.23. The number of nitrogens with zero attached hydrogens (tertiary/aromatic N) is 1. The van der Waals surface area contributed by atoms with E-state index in [9.17, 15) is 4.79 Å². The molecule has 2 fully saturated rings. The van der Waals surface area contributed by atoms with E-state index in [0.717, 1.165) is 25.7 Å². The van der Waals surface area contributed by atoms with Gasteiger partial charge in [0.05, 0.1) is 6.10 Å². The maximum Gasteiger partial charge on any atom is 0.255 e. The molecule has 5 heteroatoms. The lowest BCUT2D eigenvalue weighted by Crippen LogP contribution is -2.58. The Morgan fingerprint density at radius 3 is 2.93 bits per heavy atom. The van der Waals surface area contributed by atoms with Crippen LogP contribution in [0.5, 0.6) is 0 Å². The van der Waals surface area contributed by atoms with Crippen LogP contribution in [0.4, 0.5) is 0 Å². The molecular weight excluding hydrogens is 194 g/mol. The number of hydrogen-bond donors (Lipinski definition) is 2. The Morgan fingerprint density at radius 1 is 1.53 bits per heavy atom. The predicted molar refractivity (Wildman–Crippen MR) is 56.6 cm³/mol. The molecule has 1 spiro atoms. The van der Waals surface area contributed by atoms with Gasteiger partial charge in [0.1, 0.15) is 5.54 Å². The van der Waals surface area contributed by atoms with Crippen molar-refractivity contribution in [3.63, 3.8) is 0 Å². The van der Waals surface area contributed by atoms with Crippen molar-refractivity contribution in [1.29, 1.82) is 0 Å². The maximum atomic E-state index is 12.0. The first kappa shape index (κ1) is 10.4. The van der Waals surface area contributed by atoms with E-state index < -0.39 is 5.54 Å². The molecule has 5 nitrogen and oxygen atoms in total. The summed E-state index contributed by atoms with van der Waals surface area (Å²) in [7, 11) is 3.32. The number of carbonyl (C=O) groups excluding carboxylic acids is 1. The highest BCUT2D eigenvalue weighted by Gasteiger charge is 2.52. The average Bonchev–Trinajstić information content (AvgIpc) is 2.57. The van der Waals surface area contributed by atoms with Crippen LogP contribution in [0, 0.1) is 0 Å². The zero-order valence-corrected chi connectivity index (χ0v) is 9.17. The van der Waals surface area contributed by atoms with Crippen LogP contribution in [0.2, 0.25) is 0 Å². The summed E-state index contributed by atoms with van der Waals surface area (Å²) in [5, 5.41) is 5.92. The average molecular weight is 211 g/mol. The van der Waals surface area contributed by atoms with Gasteiger partial charge in [0.2, 0.25) is 0 Å². The van der Waals surface area contributed by atoms with Gasteiger partial charge in [0.15, 0.2) is 5.96 Å². The van der Waals surface area contributed by atoms with Crippen LogP contribution >= 0.6 is 0 Å². The number of aliphatic imine (C=N–C) groups is 1. The molecule has 0 aromatic carbocycles. The number of methoxy groups -OCH3 is 1. The zero-order valence-electron chi connectivity index (χ0n) is 9.17. The fourth-order valence-electron chi connectivity index (χ4n) is 2.49. The van der Waals surface area contributed by atoms with E-state index in [4.69, 9.17) is 4.74 Å². The van der Waals surface area contributed by atoms with Crippen LogP contribution in [-0.2, 0) is 9.53 Å². The second-order valence-electron chi connectivity index (χ2n) is 4.09. The van der Waals surface area contributed by atoms with Crippen molar-refractivity contribution in [1.82, 2.24) is 10.6 Å². The minimum absolute atomic E-state index is 0.00495. The molecule has 1 aliphatic heterocycles. The van der Waals surface area contributed by atoms with Gasteiger partial charge in [-0.3, -0.25) is 15.1 Å². The lowest BCUT2D eigenvalue weighted by molar-refractivity contribution is -0.131. The van der Waals surface area contributed by atoms with Crippen molar-refractivity contribution in [3.05, 3.63) is 0 Å². The van der Waals surface area contributed by atoms with E-state index in [2.05, 4.69) is 15.6 Å². The molecule has 2 unspecified atom stereocenters. The molecule has 2 N–H and O–H groups in total. The van der Waals surface area contributed by atoms with Crippen molar-refractivity contribution in [3.8, 4) is 0 Å². The molecule has 0 bridgehead atoms. The third-order valence-electron chi connectivity index (χ3n) is 3.32. The number of carbonyl (C=O) groups is 1. The second-order valence-corrected chi connectivity index (χ2v) is 4.09. The number of ether oxygens (including phenoxy) is 1. The van der Waals surface area contributed by atoms with Crippen molar-refractivity contribution in [2.75, 3.05) is 14.2 Å². The summed E-state index contributed by atoms with van der Waals surface area (Å²) < 4.78 is 5.41. The topological polar surface area (TPSA) is 62.7 Å². The molecule has 2 rings (SSSR count). The Hall–Kier alpha value is -1.10. The highest BCUT2D eigenvalue weighted by Crippen LogP contribution is 2.32. The van der Waals surface area contributed by atoms with Crippen molar-refractivity contribution >= 4 is 11.9 Å². The quantitative estimate of drug-likeness (QED) is 0.642. The zero-order chi connectivity index (χ0) is 10.9. The fraction of sp³-hybridized carbons (Fsp3) is 0.800. The molecule has 84 valence electrons. The number of hydrogen-bond acceptors (Lipinski definition) is 3. The van der Waals surface area contributed by atoms with Crippen LogP contribution in [0.1, 0.15) is 25.7 Å². The summed E-state index contributed by atoms with van der Waals surface area (Å²) in [5.41, 5.74) is -0.582. The van der Waals surface area contributed by atoms with E-state index in [-0.39, 0.29) is 12.0 Å². The molecule has 0 aromatic heterocycles. The van der Waals surface area contributed by atoms with E-state index in [1.54, 1.807) is 14.2 Å². The standard InChI is InChI=1S/C10H17N3O2/c1-11-9-12-8(14)10(13-9)6-4-3-5-7(10)15-2/h7H,3-6H2,1-2H3,(H2,11,12,13,14). The minimum atomic E-state index is -0.582. The Morgan fingerprint density at radius 2 is 2.33 bits per heavy atom. The number of nitrogens with one attached hydrogen (secondary N) is 2. The summed E-state index contributed by atoms with van der Waals surface area (Å²) in [6.07, 6.45) is 3.86. The van der Waals surface area contributed by atoms with Crippen molar-refractivity contribution < 1.29 is 9.53 Å². The summed E-state index contributed by atoms with van der Waals surface area (Å²) in [6.45, 7) is 0. The van der Waals surface area contributed by atoms with Gasteiger partial charge in [-0.15, -0.1) is 0 Å². The third kappa shape index (κ3) is 1.51. The van der Waals surface area contributed by atoms with Gasteiger partial charge < -0.3 is 10.1 Å². The van der Waals surface area contributed by atoms with Crippen LogP contribution in [0.3, 0.4) is 0 Å². The molecular formula is C10H17N3O2. The van der Waals surface area contributed by atoms with Crippen LogP contribution in [-0.4, -0.2) is 37.7 Å². The molecule has 0 radical (unpaired) electrons. The lowest BCUT2D eigenvalue weighted by Gasteiger charge is -2.37. The van der Waals surface area contributed by atoms with Gasteiger partial charge in [-0.1, -0.05) is 12.8 Å². The molecule has 15 heavy (non-hydrogen) atoms. The number of amides is 1. The molecule has 2 atom stereocenters. The Kier molecular flexibility index (Phi) is 2.65. The maximum absolute atomic E-state index is 12.0. The Balaban J connectivity index is 2.27. The van der Waals surface area contributed by atoms with Gasteiger partial charge >= 0.3 is 0 Å². The monoisotopic (exact) mass is 211 g/mol. The van der Waals surface area contributed by atoms with E-state index in [0.29, 0.717) is 5.96 Å². The molecule has 1 saturated carbocycles. The Bertz CT molecular complexity index is 303. The number of guanidine groups is 1. The van der Waals surface area contributed by atoms with E-state index in [1.165, 1.54) is 0 Å². The smallest absolute Gasteiger partial charge is 0.255 e. The van der Waals surface area contributed by atoms with Gasteiger partial charge in [0.25, 0.3) is 5.91 Å². The first-order valence-corrected chi connectivity index (χ1v) is 5.32. The molecule has 0 aromatic rings. The second kappa shape index (κ2) is 3.81. The van der Waals surface area contributed by atoms with Crippen molar-refractivity contribution in [2.45, 2.75) is 37.3 Å². The molecule has 2 aliphatic rings. The first-order valence-electron chi connectivity index (χ1n) is 5.32. The summed E-state index contributed by atoms with van der Waals surface area (Å²) in [4.78, 5) is 15.9. The van der Waals surface area contributed by atoms with Gasteiger partial charge in [0, 0.05) is 14.2 Å². The van der Waals surface area contributed by atoms with Crippen LogP contribution < -0.4 is 10.6 Å². The SMILES string of the molecule is CN=C1NC(=O)C2(CCCCC2OC)N1. The van der Waals surface area contributed by atoms with E-state index >= 15 is 0 Å². The molecule has 1 heterocycles. The van der Waals surface area contributed by atoms with E-state index in [1.807, 2.05) is 0 Å². The Labute approximate surface area is 89.3 Å². The summed E-state index contributed by atoms with van der Waals surface area (Å²) >= 11 is 0. The lowest BCUT2D eigenvalue weighted by atomic mass is 9.79. The molecule has 1 saturated heterocycles. The van der Waals surface area contributed by atoms with Gasteiger partial charge in [-0.05, 0) is 12.8 Å². The molecule has 1 amide bonds. The molecule has 1 aliphatic carbocycles. The van der Waals surface area contributed by atoms with Crippen LogP contribution in [0.25, 0.3) is 0 Å². The summed E-state index contributed by atoms with van der Waals surface area (Å²) in [6, 6.07) is 0. The van der Waals surface area contributed by atoms with Gasteiger partial charge in [-0.25, -0.2) is 0 Å². The van der Waals surface area contributed by atoms with Gasteiger partial charge in [-0.2, -0.15) is 0 Å². The third-order valence-corrected chi connectivity index (χ3v) is 3.32. The normalized spacial score (nSPS) is 38.1.